The molecule has 0 spiro atoms. The fraction of sp³-hybridized carbons (Fsp3) is 0.909. The first-order valence-corrected chi connectivity index (χ1v) is 5.93. The minimum atomic E-state index is 0.0469. The second-order valence-electron chi connectivity index (χ2n) is 4.19. The van der Waals surface area contributed by atoms with Crippen LogP contribution in [0.4, 0.5) is 0 Å². The van der Waals surface area contributed by atoms with Gasteiger partial charge in [-0.15, -0.1) is 0 Å². The summed E-state index contributed by atoms with van der Waals surface area (Å²) in [6.45, 7) is 5.80. The highest BCUT2D eigenvalue weighted by molar-refractivity contribution is 5.81. The van der Waals surface area contributed by atoms with E-state index in [9.17, 15) is 4.79 Å². The number of piperidine rings is 1. The quantitative estimate of drug-likeness (QED) is 0.685. The summed E-state index contributed by atoms with van der Waals surface area (Å²) >= 11 is 0. The molecule has 1 atom stereocenters. The molecule has 0 aromatic heterocycles. The number of hydrogen-bond donors (Lipinski definition) is 2. The van der Waals surface area contributed by atoms with Crippen molar-refractivity contribution in [2.24, 2.45) is 0 Å². The monoisotopic (exact) mass is 213 g/mol. The molecule has 1 aliphatic rings. The van der Waals surface area contributed by atoms with Gasteiger partial charge in [0.1, 0.15) is 0 Å². The third kappa shape index (κ3) is 4.62. The van der Waals surface area contributed by atoms with E-state index in [-0.39, 0.29) is 11.9 Å². The molecule has 1 saturated heterocycles. The van der Waals surface area contributed by atoms with Gasteiger partial charge in [-0.05, 0) is 33.0 Å². The van der Waals surface area contributed by atoms with Crippen LogP contribution in [0.3, 0.4) is 0 Å². The van der Waals surface area contributed by atoms with Gasteiger partial charge in [-0.2, -0.15) is 0 Å². The molecule has 0 aromatic carbocycles. The fourth-order valence-corrected chi connectivity index (χ4v) is 1.73. The molecule has 4 nitrogen and oxygen atoms in total. The molecule has 1 amide bonds. The van der Waals surface area contributed by atoms with Crippen LogP contribution in [0.2, 0.25) is 0 Å². The number of rotatable bonds is 5. The largest absolute Gasteiger partial charge is 0.353 e. The Labute approximate surface area is 92.4 Å². The molecule has 15 heavy (non-hydrogen) atoms. The molecule has 1 heterocycles. The van der Waals surface area contributed by atoms with Crippen LogP contribution < -0.4 is 10.6 Å². The van der Waals surface area contributed by atoms with Gasteiger partial charge in [0.15, 0.2) is 0 Å². The van der Waals surface area contributed by atoms with Crippen LogP contribution in [0.5, 0.6) is 0 Å². The van der Waals surface area contributed by atoms with E-state index < -0.39 is 0 Å². The van der Waals surface area contributed by atoms with Crippen LogP contribution in [-0.2, 0) is 4.79 Å². The van der Waals surface area contributed by atoms with Crippen molar-refractivity contribution in [2.45, 2.75) is 32.2 Å². The third-order valence-corrected chi connectivity index (χ3v) is 2.96. The summed E-state index contributed by atoms with van der Waals surface area (Å²) in [7, 11) is 2.06. The molecule has 1 aliphatic heterocycles. The maximum Gasteiger partial charge on any atom is 0.237 e. The van der Waals surface area contributed by atoms with Crippen LogP contribution in [0, 0.1) is 0 Å². The Morgan fingerprint density at radius 1 is 1.53 bits per heavy atom. The molecular formula is C11H23N3O. The predicted octanol–water partition coefficient (Wildman–Crippen LogP) is 0.196. The zero-order valence-corrected chi connectivity index (χ0v) is 9.88. The van der Waals surface area contributed by atoms with Crippen molar-refractivity contribution in [3.8, 4) is 0 Å². The topological polar surface area (TPSA) is 44.4 Å². The number of carbonyl (C=O) groups excluding carboxylic acids is 1. The second-order valence-corrected chi connectivity index (χ2v) is 4.19. The van der Waals surface area contributed by atoms with E-state index in [1.165, 1.54) is 12.8 Å². The molecule has 88 valence electrons. The summed E-state index contributed by atoms with van der Waals surface area (Å²) < 4.78 is 0. The van der Waals surface area contributed by atoms with Crippen molar-refractivity contribution in [1.29, 1.82) is 0 Å². The minimum Gasteiger partial charge on any atom is -0.353 e. The van der Waals surface area contributed by atoms with Crippen LogP contribution in [0.1, 0.15) is 26.2 Å². The summed E-state index contributed by atoms with van der Waals surface area (Å²) in [5.41, 5.74) is 0. The van der Waals surface area contributed by atoms with E-state index >= 15 is 0 Å². The molecule has 1 rings (SSSR count). The Bertz CT molecular complexity index is 190. The van der Waals surface area contributed by atoms with Crippen molar-refractivity contribution in [3.05, 3.63) is 0 Å². The lowest BCUT2D eigenvalue weighted by Crippen LogP contribution is -2.47. The smallest absolute Gasteiger partial charge is 0.237 e. The van der Waals surface area contributed by atoms with Crippen molar-refractivity contribution >= 4 is 5.91 Å². The zero-order chi connectivity index (χ0) is 11.1. The zero-order valence-electron chi connectivity index (χ0n) is 9.88. The molecule has 2 N–H and O–H groups in total. The standard InChI is InChI=1S/C11H23N3O/c1-3-14(2)9-8-13-11(15)10-6-4-5-7-12-10/h10,12H,3-9H2,1-2H3,(H,13,15). The lowest BCUT2D eigenvalue weighted by Gasteiger charge is -2.23. The highest BCUT2D eigenvalue weighted by atomic mass is 16.2. The van der Waals surface area contributed by atoms with E-state index in [2.05, 4.69) is 29.5 Å². The van der Waals surface area contributed by atoms with Crippen molar-refractivity contribution in [3.63, 3.8) is 0 Å². The van der Waals surface area contributed by atoms with E-state index in [0.717, 1.165) is 32.6 Å². The molecule has 1 unspecified atom stereocenters. The normalized spacial score (nSPS) is 21.7. The van der Waals surface area contributed by atoms with Crippen molar-refractivity contribution in [2.75, 3.05) is 33.2 Å². The van der Waals surface area contributed by atoms with E-state index in [4.69, 9.17) is 0 Å². The lowest BCUT2D eigenvalue weighted by molar-refractivity contribution is -0.123. The number of likely N-dealkylation sites (N-methyl/N-ethyl adjacent to an activating group) is 1. The first-order valence-electron chi connectivity index (χ1n) is 5.93. The number of amides is 1. The number of nitrogens with one attached hydrogen (secondary N) is 2. The van der Waals surface area contributed by atoms with Gasteiger partial charge in [0, 0.05) is 13.1 Å². The van der Waals surface area contributed by atoms with Gasteiger partial charge in [0.2, 0.25) is 5.91 Å². The lowest BCUT2D eigenvalue weighted by atomic mass is 10.0. The van der Waals surface area contributed by atoms with Gasteiger partial charge in [-0.25, -0.2) is 0 Å². The summed E-state index contributed by atoms with van der Waals surface area (Å²) in [5, 5.41) is 6.22. The number of hydrogen-bond acceptors (Lipinski definition) is 3. The SMILES string of the molecule is CCN(C)CCNC(=O)C1CCCCN1. The Morgan fingerprint density at radius 2 is 2.33 bits per heavy atom. The number of carbonyl (C=O) groups is 1. The van der Waals surface area contributed by atoms with E-state index in [1.54, 1.807) is 0 Å². The summed E-state index contributed by atoms with van der Waals surface area (Å²) in [4.78, 5) is 13.9. The van der Waals surface area contributed by atoms with Gasteiger partial charge < -0.3 is 15.5 Å². The highest BCUT2D eigenvalue weighted by Crippen LogP contribution is 2.06. The molecule has 0 aliphatic carbocycles. The summed E-state index contributed by atoms with van der Waals surface area (Å²) in [6.07, 6.45) is 3.34. The van der Waals surface area contributed by atoms with Crippen molar-refractivity contribution < 1.29 is 4.79 Å². The van der Waals surface area contributed by atoms with E-state index in [1.807, 2.05) is 0 Å². The Balaban J connectivity index is 2.12. The summed E-state index contributed by atoms with van der Waals surface area (Å²) in [5.74, 6) is 0.166. The maximum atomic E-state index is 11.7. The van der Waals surface area contributed by atoms with Gasteiger partial charge in [0.25, 0.3) is 0 Å². The predicted molar refractivity (Wildman–Crippen MR) is 61.8 cm³/mol. The average molecular weight is 213 g/mol. The molecule has 0 aromatic rings. The fourth-order valence-electron chi connectivity index (χ4n) is 1.73. The third-order valence-electron chi connectivity index (χ3n) is 2.96. The Kier molecular flexibility index (Phi) is 5.65. The minimum absolute atomic E-state index is 0.0469. The van der Waals surface area contributed by atoms with E-state index in [0.29, 0.717) is 0 Å². The first-order chi connectivity index (χ1) is 7.24. The molecule has 0 saturated carbocycles. The molecule has 4 heteroatoms. The van der Waals surface area contributed by atoms with Crippen LogP contribution in [0.25, 0.3) is 0 Å². The Hall–Kier alpha value is -0.610. The molecule has 1 fully saturated rings. The summed E-state index contributed by atoms with van der Waals surface area (Å²) in [6, 6.07) is 0.0469. The maximum absolute atomic E-state index is 11.7. The van der Waals surface area contributed by atoms with Crippen molar-refractivity contribution in [1.82, 2.24) is 15.5 Å². The Morgan fingerprint density at radius 3 is 2.93 bits per heavy atom. The molecule has 0 radical (unpaired) electrons. The van der Waals surface area contributed by atoms with Gasteiger partial charge in [0.05, 0.1) is 6.04 Å². The van der Waals surface area contributed by atoms with Crippen LogP contribution in [-0.4, -0.2) is 50.1 Å². The number of nitrogens with zero attached hydrogens (tertiary/aromatic N) is 1. The van der Waals surface area contributed by atoms with Gasteiger partial charge in [-0.3, -0.25) is 4.79 Å². The van der Waals surface area contributed by atoms with Gasteiger partial charge >= 0.3 is 0 Å². The van der Waals surface area contributed by atoms with Crippen LogP contribution >= 0.6 is 0 Å². The first kappa shape index (κ1) is 12.5. The second kappa shape index (κ2) is 6.80. The molecular weight excluding hydrogens is 190 g/mol. The molecule has 0 bridgehead atoms. The average Bonchev–Trinajstić information content (AvgIpc) is 2.29. The highest BCUT2D eigenvalue weighted by Gasteiger charge is 2.19. The van der Waals surface area contributed by atoms with Crippen LogP contribution in [0.15, 0.2) is 0 Å². The van der Waals surface area contributed by atoms with Gasteiger partial charge in [-0.1, -0.05) is 13.3 Å².